The van der Waals surface area contributed by atoms with Crippen LogP contribution in [0.15, 0.2) is 71.4 Å². The lowest BCUT2D eigenvalue weighted by Crippen LogP contribution is -1.86. The minimum absolute atomic E-state index is 1.01. The van der Waals surface area contributed by atoms with Crippen LogP contribution in [0, 0.1) is 0 Å². The average molecular weight is 290 g/mol. The molecule has 2 rings (SSSR count). The highest BCUT2D eigenvalue weighted by Crippen LogP contribution is 2.06. The van der Waals surface area contributed by atoms with E-state index in [-0.39, 0.29) is 0 Å². The van der Waals surface area contributed by atoms with Crippen LogP contribution in [-0.4, -0.2) is 12.4 Å². The normalized spacial score (nSPS) is 11.3. The molecule has 0 bridgehead atoms. The van der Waals surface area contributed by atoms with E-state index >= 15 is 0 Å². The zero-order chi connectivity index (χ0) is 15.6. The summed E-state index contributed by atoms with van der Waals surface area (Å²) < 4.78 is 0. The second-order valence-electron chi connectivity index (χ2n) is 5.15. The Morgan fingerprint density at radius 2 is 1.32 bits per heavy atom. The molecule has 0 spiro atoms. The van der Waals surface area contributed by atoms with E-state index in [0.717, 1.165) is 30.4 Å². The van der Waals surface area contributed by atoms with Crippen molar-refractivity contribution in [1.29, 1.82) is 0 Å². The summed E-state index contributed by atoms with van der Waals surface area (Å²) in [4.78, 5) is 0. The van der Waals surface area contributed by atoms with E-state index in [1.165, 1.54) is 11.1 Å². The Morgan fingerprint density at radius 3 is 1.77 bits per heavy atom. The van der Waals surface area contributed by atoms with Crippen molar-refractivity contribution in [3.8, 4) is 0 Å². The van der Waals surface area contributed by atoms with Gasteiger partial charge in [-0.3, -0.25) is 0 Å². The Morgan fingerprint density at radius 1 is 0.818 bits per heavy atom. The van der Waals surface area contributed by atoms with Gasteiger partial charge in [0.1, 0.15) is 0 Å². The summed E-state index contributed by atoms with van der Waals surface area (Å²) in [5.41, 5.74) is 4.77. The van der Waals surface area contributed by atoms with E-state index in [1.807, 2.05) is 6.08 Å². The van der Waals surface area contributed by atoms with Gasteiger partial charge in [-0.1, -0.05) is 61.5 Å². The average Bonchev–Trinajstić information content (AvgIpc) is 2.58. The molecule has 0 aromatic heterocycles. The molecule has 0 fully saturated rings. The SMILES string of the molecule is C=CCCc1ccc(C=NN=Cc2ccc(CC)cc2)cc1. The van der Waals surface area contributed by atoms with E-state index < -0.39 is 0 Å². The molecule has 0 N–H and O–H groups in total. The van der Waals surface area contributed by atoms with Crippen molar-refractivity contribution in [2.45, 2.75) is 26.2 Å². The first kappa shape index (κ1) is 15.9. The van der Waals surface area contributed by atoms with Gasteiger partial charge in [-0.05, 0) is 41.5 Å². The van der Waals surface area contributed by atoms with Crippen LogP contribution in [0.1, 0.15) is 35.6 Å². The van der Waals surface area contributed by atoms with E-state index in [4.69, 9.17) is 0 Å². The van der Waals surface area contributed by atoms with Crippen molar-refractivity contribution in [2.75, 3.05) is 0 Å². The number of aryl methyl sites for hydroxylation is 2. The molecule has 2 nitrogen and oxygen atoms in total. The molecule has 0 radical (unpaired) electrons. The molecule has 0 unspecified atom stereocenters. The van der Waals surface area contributed by atoms with Crippen LogP contribution in [-0.2, 0) is 12.8 Å². The predicted molar refractivity (Wildman–Crippen MR) is 96.0 cm³/mol. The van der Waals surface area contributed by atoms with Gasteiger partial charge in [0.05, 0.1) is 12.4 Å². The third-order valence-electron chi connectivity index (χ3n) is 3.49. The monoisotopic (exact) mass is 290 g/mol. The maximum absolute atomic E-state index is 4.10. The highest BCUT2D eigenvalue weighted by Gasteiger charge is 1.92. The van der Waals surface area contributed by atoms with Crippen LogP contribution < -0.4 is 0 Å². The number of benzene rings is 2. The Bertz CT molecular complexity index is 634. The summed E-state index contributed by atoms with van der Waals surface area (Å²) >= 11 is 0. The molecule has 0 aliphatic rings. The summed E-state index contributed by atoms with van der Waals surface area (Å²) in [5.74, 6) is 0. The second-order valence-corrected chi connectivity index (χ2v) is 5.15. The summed E-state index contributed by atoms with van der Waals surface area (Å²) in [6.45, 7) is 5.89. The molecule has 2 aromatic carbocycles. The summed E-state index contributed by atoms with van der Waals surface area (Å²) in [7, 11) is 0. The Kier molecular flexibility index (Phi) is 6.31. The molecular weight excluding hydrogens is 268 g/mol. The number of nitrogens with zero attached hydrogens (tertiary/aromatic N) is 2. The number of rotatable bonds is 7. The minimum atomic E-state index is 1.01. The highest BCUT2D eigenvalue weighted by molar-refractivity contribution is 5.82. The fourth-order valence-electron chi connectivity index (χ4n) is 2.08. The van der Waals surface area contributed by atoms with Crippen molar-refractivity contribution >= 4 is 12.4 Å². The zero-order valence-corrected chi connectivity index (χ0v) is 13.1. The maximum atomic E-state index is 4.10. The van der Waals surface area contributed by atoms with E-state index in [1.54, 1.807) is 12.4 Å². The molecule has 22 heavy (non-hydrogen) atoms. The Hall–Kier alpha value is -2.48. The van der Waals surface area contributed by atoms with Crippen molar-refractivity contribution in [1.82, 2.24) is 0 Å². The van der Waals surface area contributed by atoms with Crippen molar-refractivity contribution in [3.63, 3.8) is 0 Å². The van der Waals surface area contributed by atoms with Crippen LogP contribution in [0.2, 0.25) is 0 Å². The van der Waals surface area contributed by atoms with Gasteiger partial charge in [-0.15, -0.1) is 6.58 Å². The van der Waals surface area contributed by atoms with Gasteiger partial charge < -0.3 is 0 Å². The van der Waals surface area contributed by atoms with Gasteiger partial charge in [0.2, 0.25) is 0 Å². The molecule has 0 aliphatic carbocycles. The smallest absolute Gasteiger partial charge is 0.0568 e. The fourth-order valence-corrected chi connectivity index (χ4v) is 2.08. The number of allylic oxidation sites excluding steroid dienone is 1. The van der Waals surface area contributed by atoms with E-state index in [9.17, 15) is 0 Å². The van der Waals surface area contributed by atoms with Crippen LogP contribution in [0.3, 0.4) is 0 Å². The number of hydrogen-bond acceptors (Lipinski definition) is 2. The summed E-state index contributed by atoms with van der Waals surface area (Å²) in [6, 6.07) is 16.7. The van der Waals surface area contributed by atoms with Gasteiger partial charge in [0.25, 0.3) is 0 Å². The molecule has 0 amide bonds. The molecule has 2 heteroatoms. The fraction of sp³-hybridized carbons (Fsp3) is 0.200. The molecule has 0 saturated heterocycles. The summed E-state index contributed by atoms with van der Waals surface area (Å²) in [5, 5.41) is 8.20. The zero-order valence-electron chi connectivity index (χ0n) is 13.1. The van der Waals surface area contributed by atoms with E-state index in [0.29, 0.717) is 0 Å². The van der Waals surface area contributed by atoms with Crippen molar-refractivity contribution in [3.05, 3.63) is 83.4 Å². The first-order valence-electron chi connectivity index (χ1n) is 7.67. The second kappa shape index (κ2) is 8.73. The largest absolute Gasteiger partial charge is 0.159 e. The predicted octanol–water partition coefficient (Wildman–Crippen LogP) is 4.82. The molecule has 112 valence electrons. The molecule has 0 saturated carbocycles. The lowest BCUT2D eigenvalue weighted by Gasteiger charge is -1.98. The number of hydrogen-bond donors (Lipinski definition) is 0. The topological polar surface area (TPSA) is 24.7 Å². The molecule has 0 heterocycles. The molecule has 2 aromatic rings. The van der Waals surface area contributed by atoms with Crippen LogP contribution in [0.4, 0.5) is 0 Å². The third-order valence-corrected chi connectivity index (χ3v) is 3.49. The van der Waals surface area contributed by atoms with Crippen LogP contribution in [0.5, 0.6) is 0 Å². The Labute approximate surface area is 132 Å². The van der Waals surface area contributed by atoms with E-state index in [2.05, 4.69) is 72.2 Å². The lowest BCUT2D eigenvalue weighted by atomic mass is 10.1. The standard InChI is InChI=1S/C20H22N2/c1-3-5-6-18-9-13-20(14-10-18)16-22-21-15-19-11-7-17(4-2)8-12-19/h3,7-16H,1,4-6H2,2H3. The third kappa shape index (κ3) is 5.13. The van der Waals surface area contributed by atoms with Gasteiger partial charge in [-0.25, -0.2) is 0 Å². The summed E-state index contributed by atoms with van der Waals surface area (Å²) in [6.07, 6.45) is 8.58. The van der Waals surface area contributed by atoms with Gasteiger partial charge in [0.15, 0.2) is 0 Å². The van der Waals surface area contributed by atoms with Crippen LogP contribution in [0.25, 0.3) is 0 Å². The Balaban J connectivity index is 1.90. The lowest BCUT2D eigenvalue weighted by molar-refractivity contribution is 1.00. The van der Waals surface area contributed by atoms with Gasteiger partial charge >= 0.3 is 0 Å². The highest BCUT2D eigenvalue weighted by atomic mass is 15.2. The van der Waals surface area contributed by atoms with Crippen molar-refractivity contribution < 1.29 is 0 Å². The molecular formula is C20H22N2. The maximum Gasteiger partial charge on any atom is 0.0568 e. The van der Waals surface area contributed by atoms with Gasteiger partial charge in [0, 0.05) is 0 Å². The molecule has 0 aliphatic heterocycles. The van der Waals surface area contributed by atoms with Gasteiger partial charge in [-0.2, -0.15) is 10.2 Å². The molecule has 0 atom stereocenters. The van der Waals surface area contributed by atoms with Crippen LogP contribution >= 0.6 is 0 Å². The quantitative estimate of drug-likeness (QED) is 0.397. The minimum Gasteiger partial charge on any atom is -0.159 e. The van der Waals surface area contributed by atoms with Crippen molar-refractivity contribution in [2.24, 2.45) is 10.2 Å². The first-order valence-corrected chi connectivity index (χ1v) is 7.67. The first-order chi connectivity index (χ1) is 10.8.